The minimum atomic E-state index is -4.55. The SMILES string of the molecule is CCOC(=O)C1CCCN(C(C)C(=O)Nc2ccccc2C(F)(F)F)C1. The van der Waals surface area contributed by atoms with Gasteiger partial charge < -0.3 is 10.1 Å². The third kappa shape index (κ3) is 4.97. The molecular weight excluding hydrogens is 349 g/mol. The summed E-state index contributed by atoms with van der Waals surface area (Å²) in [5.74, 6) is -1.15. The molecule has 144 valence electrons. The van der Waals surface area contributed by atoms with Crippen LogP contribution in [-0.2, 0) is 20.5 Å². The number of amides is 1. The molecule has 0 radical (unpaired) electrons. The molecule has 1 amide bonds. The number of halogens is 3. The van der Waals surface area contributed by atoms with Crippen molar-refractivity contribution in [1.82, 2.24) is 4.90 Å². The Morgan fingerprint density at radius 2 is 2.04 bits per heavy atom. The Labute approximate surface area is 150 Å². The number of esters is 1. The number of ether oxygens (including phenoxy) is 1. The molecule has 0 bridgehead atoms. The van der Waals surface area contributed by atoms with Gasteiger partial charge in [0.15, 0.2) is 0 Å². The van der Waals surface area contributed by atoms with Crippen molar-refractivity contribution in [2.75, 3.05) is 25.0 Å². The van der Waals surface area contributed by atoms with E-state index in [1.165, 1.54) is 18.2 Å². The Balaban J connectivity index is 2.05. The molecule has 1 fully saturated rings. The number of hydrogen-bond acceptors (Lipinski definition) is 4. The van der Waals surface area contributed by atoms with E-state index >= 15 is 0 Å². The summed E-state index contributed by atoms with van der Waals surface area (Å²) in [4.78, 5) is 26.2. The van der Waals surface area contributed by atoms with Gasteiger partial charge in [-0.25, -0.2) is 0 Å². The number of anilines is 1. The fourth-order valence-electron chi connectivity index (χ4n) is 3.05. The number of nitrogens with one attached hydrogen (secondary N) is 1. The summed E-state index contributed by atoms with van der Waals surface area (Å²) in [7, 11) is 0. The average molecular weight is 372 g/mol. The zero-order valence-corrected chi connectivity index (χ0v) is 14.8. The number of carbonyl (C=O) groups is 2. The molecule has 2 unspecified atom stereocenters. The van der Waals surface area contributed by atoms with Crippen LogP contribution in [0.1, 0.15) is 32.3 Å². The Hall–Kier alpha value is -2.09. The van der Waals surface area contributed by atoms with Crippen LogP contribution in [0.15, 0.2) is 24.3 Å². The second-order valence-corrected chi connectivity index (χ2v) is 6.29. The predicted molar refractivity (Wildman–Crippen MR) is 90.5 cm³/mol. The molecule has 2 atom stereocenters. The number of benzene rings is 1. The van der Waals surface area contributed by atoms with Crippen molar-refractivity contribution in [2.45, 2.75) is 38.9 Å². The maximum Gasteiger partial charge on any atom is 0.418 e. The lowest BCUT2D eigenvalue weighted by Gasteiger charge is -2.35. The maximum atomic E-state index is 13.1. The first-order chi connectivity index (χ1) is 12.2. The van der Waals surface area contributed by atoms with E-state index in [0.29, 0.717) is 26.1 Å². The third-order valence-corrected chi connectivity index (χ3v) is 4.49. The fraction of sp³-hybridized carbons (Fsp3) is 0.556. The minimum absolute atomic E-state index is 0.268. The van der Waals surface area contributed by atoms with E-state index in [-0.39, 0.29) is 17.6 Å². The predicted octanol–water partition coefficient (Wildman–Crippen LogP) is 3.31. The van der Waals surface area contributed by atoms with Gasteiger partial charge in [0.1, 0.15) is 0 Å². The molecule has 1 saturated heterocycles. The highest BCUT2D eigenvalue weighted by atomic mass is 19.4. The Kier molecular flexibility index (Phi) is 6.63. The van der Waals surface area contributed by atoms with Crippen LogP contribution in [0.5, 0.6) is 0 Å². The van der Waals surface area contributed by atoms with Gasteiger partial charge in [0.05, 0.1) is 29.8 Å². The number of carbonyl (C=O) groups excluding carboxylic acids is 2. The summed E-state index contributed by atoms with van der Waals surface area (Å²) in [6.07, 6.45) is -3.14. The highest BCUT2D eigenvalue weighted by molar-refractivity contribution is 5.95. The van der Waals surface area contributed by atoms with Crippen molar-refractivity contribution in [3.63, 3.8) is 0 Å². The van der Waals surface area contributed by atoms with Gasteiger partial charge in [-0.2, -0.15) is 13.2 Å². The molecule has 0 aromatic heterocycles. The van der Waals surface area contributed by atoms with Crippen molar-refractivity contribution >= 4 is 17.6 Å². The molecular formula is C18H23F3N2O3. The zero-order chi connectivity index (χ0) is 19.3. The molecule has 1 aromatic rings. The first kappa shape index (κ1) is 20.2. The lowest BCUT2D eigenvalue weighted by Crippen LogP contribution is -2.48. The highest BCUT2D eigenvalue weighted by Crippen LogP contribution is 2.34. The quantitative estimate of drug-likeness (QED) is 0.806. The van der Waals surface area contributed by atoms with Gasteiger partial charge in [0.25, 0.3) is 0 Å². The van der Waals surface area contributed by atoms with Crippen LogP contribution in [0.2, 0.25) is 0 Å². The van der Waals surface area contributed by atoms with Crippen LogP contribution in [0, 0.1) is 5.92 Å². The first-order valence-corrected chi connectivity index (χ1v) is 8.61. The maximum absolute atomic E-state index is 13.1. The van der Waals surface area contributed by atoms with Crippen LogP contribution in [0.25, 0.3) is 0 Å². The van der Waals surface area contributed by atoms with Crippen LogP contribution < -0.4 is 5.32 Å². The van der Waals surface area contributed by atoms with Crippen molar-refractivity contribution in [1.29, 1.82) is 0 Å². The Bertz CT molecular complexity index is 649. The van der Waals surface area contributed by atoms with Crippen molar-refractivity contribution in [2.24, 2.45) is 5.92 Å². The second kappa shape index (κ2) is 8.53. The Morgan fingerprint density at radius 3 is 2.69 bits per heavy atom. The van der Waals surface area contributed by atoms with Crippen molar-refractivity contribution in [3.05, 3.63) is 29.8 Å². The van der Waals surface area contributed by atoms with E-state index in [1.54, 1.807) is 18.7 Å². The molecule has 1 N–H and O–H groups in total. The summed E-state index contributed by atoms with van der Waals surface area (Å²) < 4.78 is 44.2. The van der Waals surface area contributed by atoms with Crippen LogP contribution in [0.4, 0.5) is 18.9 Å². The molecule has 0 spiro atoms. The van der Waals surface area contributed by atoms with Gasteiger partial charge in [0, 0.05) is 6.54 Å². The first-order valence-electron chi connectivity index (χ1n) is 8.61. The van der Waals surface area contributed by atoms with E-state index in [2.05, 4.69) is 5.32 Å². The smallest absolute Gasteiger partial charge is 0.418 e. The molecule has 1 aliphatic heterocycles. The van der Waals surface area contributed by atoms with Gasteiger partial charge in [0.2, 0.25) is 5.91 Å². The lowest BCUT2D eigenvalue weighted by molar-refractivity contribution is -0.150. The van der Waals surface area contributed by atoms with Gasteiger partial charge >= 0.3 is 12.1 Å². The van der Waals surface area contributed by atoms with Gasteiger partial charge in [-0.15, -0.1) is 0 Å². The summed E-state index contributed by atoms with van der Waals surface area (Å²) in [6.45, 7) is 4.60. The largest absolute Gasteiger partial charge is 0.466 e. The molecule has 5 nitrogen and oxygen atoms in total. The van der Waals surface area contributed by atoms with E-state index < -0.39 is 23.7 Å². The molecule has 2 rings (SSSR count). The van der Waals surface area contributed by atoms with Gasteiger partial charge in [-0.1, -0.05) is 12.1 Å². The van der Waals surface area contributed by atoms with Crippen LogP contribution in [0.3, 0.4) is 0 Å². The second-order valence-electron chi connectivity index (χ2n) is 6.29. The van der Waals surface area contributed by atoms with Crippen molar-refractivity contribution < 1.29 is 27.5 Å². The highest BCUT2D eigenvalue weighted by Gasteiger charge is 2.35. The summed E-state index contributed by atoms with van der Waals surface area (Å²) in [5, 5.41) is 2.37. The number of piperidine rings is 1. The molecule has 1 aliphatic rings. The standard InChI is InChI=1S/C18H23F3N2O3/c1-3-26-17(25)13-7-6-10-23(11-13)12(2)16(24)22-15-9-5-4-8-14(15)18(19,20)21/h4-5,8-9,12-13H,3,6-7,10-11H2,1-2H3,(H,22,24). The molecule has 26 heavy (non-hydrogen) atoms. The zero-order valence-electron chi connectivity index (χ0n) is 14.8. The third-order valence-electron chi connectivity index (χ3n) is 4.49. The minimum Gasteiger partial charge on any atom is -0.466 e. The molecule has 8 heteroatoms. The molecule has 0 aliphatic carbocycles. The summed E-state index contributed by atoms with van der Waals surface area (Å²) >= 11 is 0. The normalized spacial score (nSPS) is 19.7. The number of hydrogen-bond donors (Lipinski definition) is 1. The van der Waals surface area contributed by atoms with Crippen LogP contribution >= 0.6 is 0 Å². The van der Waals surface area contributed by atoms with Crippen molar-refractivity contribution in [3.8, 4) is 0 Å². The van der Waals surface area contributed by atoms with Gasteiger partial charge in [-0.05, 0) is 45.4 Å². The van der Waals surface area contributed by atoms with E-state index in [0.717, 1.165) is 12.5 Å². The number of likely N-dealkylation sites (tertiary alicyclic amines) is 1. The number of nitrogens with zero attached hydrogens (tertiary/aromatic N) is 1. The van der Waals surface area contributed by atoms with Gasteiger partial charge in [-0.3, -0.25) is 14.5 Å². The monoisotopic (exact) mass is 372 g/mol. The summed E-state index contributed by atoms with van der Waals surface area (Å²) in [5.41, 5.74) is -1.15. The summed E-state index contributed by atoms with van der Waals surface area (Å²) in [6, 6.07) is 4.21. The molecule has 1 aromatic carbocycles. The lowest BCUT2D eigenvalue weighted by atomic mass is 9.97. The topological polar surface area (TPSA) is 58.6 Å². The van der Waals surface area contributed by atoms with E-state index in [1.807, 2.05) is 0 Å². The van der Waals surface area contributed by atoms with E-state index in [9.17, 15) is 22.8 Å². The molecule has 1 heterocycles. The number of rotatable bonds is 5. The average Bonchev–Trinajstić information content (AvgIpc) is 2.61. The Morgan fingerprint density at radius 1 is 1.35 bits per heavy atom. The number of alkyl halides is 3. The fourth-order valence-corrected chi connectivity index (χ4v) is 3.05. The molecule has 0 saturated carbocycles. The van der Waals surface area contributed by atoms with E-state index in [4.69, 9.17) is 4.74 Å². The van der Waals surface area contributed by atoms with Crippen LogP contribution in [-0.4, -0.2) is 42.5 Å². The number of para-hydroxylation sites is 1.